The fourth-order valence-corrected chi connectivity index (χ4v) is 3.80. The molecule has 2 heterocycles. The number of hydrogen-bond acceptors (Lipinski definition) is 5. The van der Waals surface area contributed by atoms with E-state index in [1.165, 1.54) is 7.11 Å². The Labute approximate surface area is 190 Å². The van der Waals surface area contributed by atoms with Gasteiger partial charge in [-0.2, -0.15) is 5.10 Å². The molecular formula is C25H23N3O5. The van der Waals surface area contributed by atoms with Crippen molar-refractivity contribution in [3.8, 4) is 11.4 Å². The molecule has 0 aliphatic carbocycles. The second-order valence-electron chi connectivity index (χ2n) is 7.66. The fourth-order valence-electron chi connectivity index (χ4n) is 3.80. The van der Waals surface area contributed by atoms with Gasteiger partial charge in [0.2, 0.25) is 0 Å². The summed E-state index contributed by atoms with van der Waals surface area (Å²) in [6, 6.07) is 14.0. The highest BCUT2D eigenvalue weighted by molar-refractivity contribution is 5.97. The van der Waals surface area contributed by atoms with Crippen molar-refractivity contribution in [1.29, 1.82) is 0 Å². The second-order valence-corrected chi connectivity index (χ2v) is 7.66. The number of methoxy groups -OCH3 is 1. The zero-order valence-corrected chi connectivity index (χ0v) is 18.7. The highest BCUT2D eigenvalue weighted by Crippen LogP contribution is 2.28. The van der Waals surface area contributed by atoms with Crippen molar-refractivity contribution >= 4 is 29.1 Å². The molecule has 8 nitrogen and oxygen atoms in total. The third kappa shape index (κ3) is 4.10. The third-order valence-corrected chi connectivity index (χ3v) is 5.49. The van der Waals surface area contributed by atoms with E-state index in [-0.39, 0.29) is 11.3 Å². The minimum atomic E-state index is -0.980. The molecule has 0 unspecified atom stereocenters. The number of para-hydroxylation sites is 1. The van der Waals surface area contributed by atoms with Gasteiger partial charge in [0.15, 0.2) is 17.1 Å². The highest BCUT2D eigenvalue weighted by Gasteiger charge is 2.16. The molecule has 0 aliphatic heterocycles. The van der Waals surface area contributed by atoms with Crippen molar-refractivity contribution in [2.75, 3.05) is 7.11 Å². The van der Waals surface area contributed by atoms with E-state index >= 15 is 0 Å². The molecule has 2 N–H and O–H groups in total. The summed E-state index contributed by atoms with van der Waals surface area (Å²) >= 11 is 0. The number of carbonyl (C=O) groups is 2. The standard InChI is InChI=1S/C25H23N3O5/c1-14-8-9-18(25(30)31)11-20(14)28-15(2)10-19(16(28)3)13-26-27-24(29)22-12-17-6-5-7-21(32-4)23(17)33-22/h5-13H,1-4H3,(H,27,29)(H,30,31)/b26-13+. The first-order chi connectivity index (χ1) is 15.8. The second kappa shape index (κ2) is 8.66. The predicted molar refractivity (Wildman–Crippen MR) is 125 cm³/mol. The van der Waals surface area contributed by atoms with Gasteiger partial charge in [-0.25, -0.2) is 10.2 Å². The number of hydrazone groups is 1. The van der Waals surface area contributed by atoms with Crippen LogP contribution in [0.15, 0.2) is 58.0 Å². The van der Waals surface area contributed by atoms with Gasteiger partial charge in [0, 0.05) is 28.0 Å². The molecule has 0 atom stereocenters. The molecule has 0 saturated heterocycles. The summed E-state index contributed by atoms with van der Waals surface area (Å²) in [6.45, 7) is 5.77. The number of rotatable bonds is 6. The average Bonchev–Trinajstić information content (AvgIpc) is 3.35. The van der Waals surface area contributed by atoms with Crippen LogP contribution in [-0.2, 0) is 0 Å². The normalized spacial score (nSPS) is 11.3. The first kappa shape index (κ1) is 21.9. The number of benzene rings is 2. The lowest BCUT2D eigenvalue weighted by Gasteiger charge is -2.13. The Kier molecular flexibility index (Phi) is 5.74. The van der Waals surface area contributed by atoms with Crippen LogP contribution in [0.4, 0.5) is 0 Å². The summed E-state index contributed by atoms with van der Waals surface area (Å²) in [5, 5.41) is 14.2. The van der Waals surface area contributed by atoms with E-state index < -0.39 is 11.9 Å². The highest BCUT2D eigenvalue weighted by atomic mass is 16.5. The van der Waals surface area contributed by atoms with Crippen LogP contribution in [0.25, 0.3) is 16.7 Å². The van der Waals surface area contributed by atoms with Crippen molar-refractivity contribution in [2.24, 2.45) is 5.10 Å². The Morgan fingerprint density at radius 2 is 1.91 bits per heavy atom. The molecule has 4 aromatic rings. The van der Waals surface area contributed by atoms with E-state index in [2.05, 4.69) is 10.5 Å². The summed E-state index contributed by atoms with van der Waals surface area (Å²) in [6.07, 6.45) is 1.55. The summed E-state index contributed by atoms with van der Waals surface area (Å²) in [5.74, 6) is -0.794. The summed E-state index contributed by atoms with van der Waals surface area (Å²) < 4.78 is 12.9. The van der Waals surface area contributed by atoms with Crippen LogP contribution < -0.4 is 10.2 Å². The Bertz CT molecular complexity index is 1410. The monoisotopic (exact) mass is 445 g/mol. The van der Waals surface area contributed by atoms with Gasteiger partial charge in [-0.3, -0.25) is 4.79 Å². The van der Waals surface area contributed by atoms with E-state index in [0.29, 0.717) is 11.3 Å². The molecule has 0 bridgehead atoms. The molecule has 168 valence electrons. The number of fused-ring (bicyclic) bond motifs is 1. The SMILES string of the molecule is COc1cccc2cc(C(=O)N/N=C/c3cc(C)n(-c4cc(C(=O)O)ccc4C)c3C)oc12. The van der Waals surface area contributed by atoms with E-state index in [0.717, 1.165) is 33.6 Å². The third-order valence-electron chi connectivity index (χ3n) is 5.49. The molecule has 4 rings (SSSR count). The molecule has 2 aromatic carbocycles. The maximum absolute atomic E-state index is 12.5. The van der Waals surface area contributed by atoms with E-state index in [4.69, 9.17) is 9.15 Å². The van der Waals surface area contributed by atoms with Crippen LogP contribution in [0.1, 0.15) is 43.4 Å². The van der Waals surface area contributed by atoms with Gasteiger partial charge in [0.25, 0.3) is 0 Å². The lowest BCUT2D eigenvalue weighted by Crippen LogP contribution is -2.16. The summed E-state index contributed by atoms with van der Waals surface area (Å²) in [5.41, 5.74) is 7.49. The average molecular weight is 445 g/mol. The number of hydrogen-bond donors (Lipinski definition) is 2. The Hall–Kier alpha value is -4.33. The molecule has 8 heteroatoms. The maximum Gasteiger partial charge on any atom is 0.335 e. The lowest BCUT2D eigenvalue weighted by atomic mass is 10.1. The molecular weight excluding hydrogens is 422 g/mol. The first-order valence-electron chi connectivity index (χ1n) is 10.2. The largest absolute Gasteiger partial charge is 0.493 e. The minimum Gasteiger partial charge on any atom is -0.493 e. The number of carboxylic acid groups (broad SMARTS) is 1. The van der Waals surface area contributed by atoms with Crippen molar-refractivity contribution < 1.29 is 23.8 Å². The van der Waals surface area contributed by atoms with Crippen LogP contribution in [-0.4, -0.2) is 34.9 Å². The van der Waals surface area contributed by atoms with Crippen LogP contribution in [0.2, 0.25) is 0 Å². The topological polar surface area (TPSA) is 106 Å². The van der Waals surface area contributed by atoms with Gasteiger partial charge in [-0.15, -0.1) is 0 Å². The van der Waals surface area contributed by atoms with Crippen molar-refractivity contribution in [1.82, 2.24) is 9.99 Å². The zero-order valence-electron chi connectivity index (χ0n) is 18.7. The van der Waals surface area contributed by atoms with Crippen LogP contribution >= 0.6 is 0 Å². The molecule has 0 saturated carbocycles. The first-order valence-corrected chi connectivity index (χ1v) is 10.2. The van der Waals surface area contributed by atoms with Crippen LogP contribution in [0.3, 0.4) is 0 Å². The van der Waals surface area contributed by atoms with Crippen LogP contribution in [0, 0.1) is 20.8 Å². The molecule has 0 fully saturated rings. The van der Waals surface area contributed by atoms with Crippen molar-refractivity contribution in [3.05, 3.63) is 82.4 Å². The Morgan fingerprint density at radius 1 is 1.12 bits per heavy atom. The molecule has 33 heavy (non-hydrogen) atoms. The number of nitrogens with zero attached hydrogens (tertiary/aromatic N) is 2. The number of ether oxygens (including phenoxy) is 1. The number of furan rings is 1. The number of carboxylic acids is 1. The number of aryl methyl sites for hydroxylation is 2. The lowest BCUT2D eigenvalue weighted by molar-refractivity contribution is 0.0696. The summed E-state index contributed by atoms with van der Waals surface area (Å²) in [4.78, 5) is 23.9. The van der Waals surface area contributed by atoms with E-state index in [9.17, 15) is 14.7 Å². The number of aromatic nitrogens is 1. The Morgan fingerprint density at radius 3 is 2.64 bits per heavy atom. The van der Waals surface area contributed by atoms with E-state index in [1.807, 2.05) is 43.5 Å². The van der Waals surface area contributed by atoms with Crippen molar-refractivity contribution in [2.45, 2.75) is 20.8 Å². The van der Waals surface area contributed by atoms with Gasteiger partial charge in [-0.1, -0.05) is 18.2 Å². The summed E-state index contributed by atoms with van der Waals surface area (Å²) in [7, 11) is 1.54. The number of aromatic carboxylic acids is 1. The van der Waals surface area contributed by atoms with E-state index in [1.54, 1.807) is 36.5 Å². The van der Waals surface area contributed by atoms with Gasteiger partial charge in [0.05, 0.1) is 18.9 Å². The molecule has 0 spiro atoms. The Balaban J connectivity index is 1.57. The number of nitrogens with one attached hydrogen (secondary N) is 1. The molecule has 0 radical (unpaired) electrons. The quantitative estimate of drug-likeness (QED) is 0.333. The van der Waals surface area contributed by atoms with Gasteiger partial charge < -0.3 is 18.8 Å². The van der Waals surface area contributed by atoms with Crippen LogP contribution in [0.5, 0.6) is 5.75 Å². The van der Waals surface area contributed by atoms with Gasteiger partial charge in [-0.05, 0) is 56.7 Å². The zero-order chi connectivity index (χ0) is 23.7. The molecule has 0 aliphatic rings. The van der Waals surface area contributed by atoms with Gasteiger partial charge >= 0.3 is 11.9 Å². The molecule has 2 aromatic heterocycles. The molecule has 1 amide bonds. The number of amides is 1. The predicted octanol–water partition coefficient (Wildman–Crippen LogP) is 4.62. The fraction of sp³-hybridized carbons (Fsp3) is 0.160. The smallest absolute Gasteiger partial charge is 0.335 e. The van der Waals surface area contributed by atoms with Crippen molar-refractivity contribution in [3.63, 3.8) is 0 Å². The van der Waals surface area contributed by atoms with Gasteiger partial charge in [0.1, 0.15) is 0 Å². The minimum absolute atomic E-state index is 0.123. The number of carbonyl (C=O) groups excluding carboxylic acids is 1. The maximum atomic E-state index is 12.5.